The number of aliphatic hydroxyl groups is 1. The van der Waals surface area contributed by atoms with Crippen molar-refractivity contribution in [3.63, 3.8) is 0 Å². The van der Waals surface area contributed by atoms with Crippen molar-refractivity contribution < 1.29 is 47.6 Å². The number of carbonyl (C=O) groups is 4. The van der Waals surface area contributed by atoms with Gasteiger partial charge in [0.05, 0.1) is 32.2 Å². The molecule has 0 radical (unpaired) electrons. The van der Waals surface area contributed by atoms with Gasteiger partial charge in [-0.1, -0.05) is 27.7 Å². The number of fused-ring (bicyclic) bond motifs is 1. The van der Waals surface area contributed by atoms with Crippen molar-refractivity contribution in [2.45, 2.75) is 103 Å². The third-order valence-electron chi connectivity index (χ3n) is 10.6. The van der Waals surface area contributed by atoms with E-state index in [0.717, 1.165) is 0 Å². The van der Waals surface area contributed by atoms with E-state index in [1.54, 1.807) is 6.07 Å². The number of ketones is 1. The monoisotopic (exact) mass is 546 g/mol. The summed E-state index contributed by atoms with van der Waals surface area (Å²) in [6, 6.07) is 1.71. The van der Waals surface area contributed by atoms with E-state index in [2.05, 4.69) is 0 Å². The summed E-state index contributed by atoms with van der Waals surface area (Å²) in [6.07, 6.45) is 1.22. The van der Waals surface area contributed by atoms with E-state index in [1.165, 1.54) is 26.6 Å². The number of methoxy groups -OCH3 is 1. The van der Waals surface area contributed by atoms with Gasteiger partial charge in [-0.3, -0.25) is 19.2 Å². The summed E-state index contributed by atoms with van der Waals surface area (Å²) in [6.45, 7) is 8.98. The van der Waals surface area contributed by atoms with E-state index in [0.29, 0.717) is 12.0 Å². The van der Waals surface area contributed by atoms with Crippen LogP contribution in [-0.4, -0.2) is 59.3 Å². The highest BCUT2D eigenvalue weighted by Crippen LogP contribution is 2.70. The molecule has 5 rings (SSSR count). The van der Waals surface area contributed by atoms with Gasteiger partial charge in [-0.2, -0.15) is 0 Å². The van der Waals surface area contributed by atoms with Crippen molar-refractivity contribution in [1.82, 2.24) is 0 Å². The van der Waals surface area contributed by atoms with Gasteiger partial charge in [0, 0.05) is 48.0 Å². The lowest BCUT2D eigenvalue weighted by molar-refractivity contribution is -0.364. The number of esters is 3. The Morgan fingerprint density at radius 1 is 1.18 bits per heavy atom. The molecule has 2 aliphatic heterocycles. The number of cyclic esters (lactones) is 1. The van der Waals surface area contributed by atoms with Crippen LogP contribution < -0.4 is 0 Å². The van der Waals surface area contributed by atoms with Crippen molar-refractivity contribution in [3.05, 3.63) is 24.2 Å². The van der Waals surface area contributed by atoms with Crippen LogP contribution in [0.25, 0.3) is 0 Å². The van der Waals surface area contributed by atoms with Gasteiger partial charge >= 0.3 is 17.9 Å². The van der Waals surface area contributed by atoms with E-state index < -0.39 is 75.4 Å². The minimum absolute atomic E-state index is 0.0220. The minimum atomic E-state index is -2.02. The predicted octanol–water partition coefficient (Wildman–Crippen LogP) is 3.44. The van der Waals surface area contributed by atoms with Crippen molar-refractivity contribution in [2.24, 2.45) is 22.2 Å². The summed E-state index contributed by atoms with van der Waals surface area (Å²) >= 11 is 0. The van der Waals surface area contributed by atoms with Gasteiger partial charge in [0.15, 0.2) is 11.4 Å². The number of ether oxygens (including phenoxy) is 4. The minimum Gasteiger partial charge on any atom is -0.472 e. The Kier molecular flexibility index (Phi) is 6.35. The molecule has 1 spiro atoms. The fourth-order valence-corrected chi connectivity index (χ4v) is 8.48. The average molecular weight is 547 g/mol. The number of rotatable bonds is 4. The van der Waals surface area contributed by atoms with Crippen LogP contribution in [0.4, 0.5) is 0 Å². The van der Waals surface area contributed by atoms with Crippen molar-refractivity contribution in [1.29, 1.82) is 0 Å². The standard InChI is InChI=1S/C29H38O10/c1-16(30)37-20-12-21-26(4,18(25(20,2)3)11-22(32)35-6)15-28(34)19(31)7-9-27(5)24(17-8-10-36-14-17)38-23(33)13-29(27,28)39-21/h8,10,14,18,20-21,24,34H,7,9,11-13,15H2,1-6H3/t18-,20+,21-,24-,26+,27-,28+,29+/m1/s1. The van der Waals surface area contributed by atoms with Crippen molar-refractivity contribution >= 4 is 23.7 Å². The van der Waals surface area contributed by atoms with E-state index in [-0.39, 0.29) is 32.1 Å². The molecule has 10 heteroatoms. The zero-order valence-electron chi connectivity index (χ0n) is 23.4. The maximum atomic E-state index is 13.8. The highest BCUT2D eigenvalue weighted by atomic mass is 16.6. The molecule has 0 aromatic carbocycles. The Morgan fingerprint density at radius 2 is 1.90 bits per heavy atom. The molecule has 4 fully saturated rings. The molecule has 0 bridgehead atoms. The molecule has 2 aliphatic carbocycles. The predicted molar refractivity (Wildman–Crippen MR) is 134 cm³/mol. The number of hydrogen-bond acceptors (Lipinski definition) is 10. The molecule has 2 saturated carbocycles. The molecule has 1 aromatic heterocycles. The van der Waals surface area contributed by atoms with Gasteiger partial charge in [0.1, 0.15) is 17.8 Å². The van der Waals surface area contributed by atoms with Crippen LogP contribution >= 0.6 is 0 Å². The SMILES string of the molecule is COC(=O)C[C@@H]1C(C)(C)[C@@H](OC(C)=O)C[C@H]2O[C@@]34CC(=O)O[C@H](c5ccoc5)[C@@]3(C)CCC(=O)[C@@]4(O)C[C@@]12C. The highest BCUT2D eigenvalue weighted by molar-refractivity contribution is 5.92. The van der Waals surface area contributed by atoms with E-state index >= 15 is 0 Å². The van der Waals surface area contributed by atoms with Crippen LogP contribution in [0, 0.1) is 22.2 Å². The Bertz CT molecular complexity index is 1190. The molecule has 4 aliphatic rings. The zero-order valence-corrected chi connectivity index (χ0v) is 23.4. The summed E-state index contributed by atoms with van der Waals surface area (Å²) in [7, 11) is 1.31. The summed E-state index contributed by atoms with van der Waals surface area (Å²) in [5.41, 5.74) is -5.60. The number of Topliss-reactive ketones (excluding diaryl/α,β-unsaturated/α-hetero) is 1. The van der Waals surface area contributed by atoms with Crippen LogP contribution in [0.2, 0.25) is 0 Å². The van der Waals surface area contributed by atoms with Crippen LogP contribution in [0.15, 0.2) is 23.0 Å². The fourth-order valence-electron chi connectivity index (χ4n) is 8.48. The van der Waals surface area contributed by atoms with Crippen molar-refractivity contribution in [2.75, 3.05) is 7.11 Å². The first-order valence-electron chi connectivity index (χ1n) is 13.5. The second-order valence-corrected chi connectivity index (χ2v) is 12.9. The maximum Gasteiger partial charge on any atom is 0.309 e. The molecule has 0 amide bonds. The summed E-state index contributed by atoms with van der Waals surface area (Å²) in [5.74, 6) is -2.38. The van der Waals surface area contributed by atoms with Crippen molar-refractivity contribution in [3.8, 4) is 0 Å². The number of furan rings is 1. The highest BCUT2D eigenvalue weighted by Gasteiger charge is 2.79. The summed E-state index contributed by atoms with van der Waals surface area (Å²) in [4.78, 5) is 51.7. The van der Waals surface area contributed by atoms with Gasteiger partial charge in [-0.15, -0.1) is 0 Å². The van der Waals surface area contributed by atoms with Gasteiger partial charge in [0.2, 0.25) is 0 Å². The van der Waals surface area contributed by atoms with Gasteiger partial charge in [-0.25, -0.2) is 0 Å². The lowest BCUT2D eigenvalue weighted by Gasteiger charge is -2.70. The largest absolute Gasteiger partial charge is 0.472 e. The Labute approximate surface area is 227 Å². The normalized spacial score (nSPS) is 42.8. The summed E-state index contributed by atoms with van der Waals surface area (Å²) < 4.78 is 28.9. The Balaban J connectivity index is 1.67. The molecule has 2 saturated heterocycles. The van der Waals surface area contributed by atoms with Gasteiger partial charge in [-0.05, 0) is 24.8 Å². The van der Waals surface area contributed by atoms with Crippen LogP contribution in [0.5, 0.6) is 0 Å². The Morgan fingerprint density at radius 3 is 2.51 bits per heavy atom. The third-order valence-corrected chi connectivity index (χ3v) is 10.6. The topological polar surface area (TPSA) is 139 Å². The molecular weight excluding hydrogens is 508 g/mol. The first kappa shape index (κ1) is 27.8. The van der Waals surface area contributed by atoms with Crippen LogP contribution in [0.3, 0.4) is 0 Å². The lowest BCUT2D eigenvalue weighted by Crippen LogP contribution is -2.80. The number of hydrogen-bond donors (Lipinski definition) is 1. The first-order valence-corrected chi connectivity index (χ1v) is 13.5. The lowest BCUT2D eigenvalue weighted by atomic mass is 9.43. The molecule has 39 heavy (non-hydrogen) atoms. The molecule has 1 aromatic rings. The number of carbonyl (C=O) groups excluding carboxylic acids is 4. The first-order chi connectivity index (χ1) is 18.1. The van der Waals surface area contributed by atoms with E-state index in [4.69, 9.17) is 23.4 Å². The molecule has 0 unspecified atom stereocenters. The van der Waals surface area contributed by atoms with Crippen LogP contribution in [-0.2, 0) is 38.1 Å². The van der Waals surface area contributed by atoms with E-state index in [1.807, 2.05) is 27.7 Å². The average Bonchev–Trinajstić information content (AvgIpc) is 3.38. The third kappa shape index (κ3) is 3.74. The quantitative estimate of drug-likeness (QED) is 0.441. The fraction of sp³-hybridized carbons (Fsp3) is 0.724. The Hall–Kier alpha value is -2.72. The smallest absolute Gasteiger partial charge is 0.309 e. The molecular formula is C29H38O10. The molecule has 214 valence electrons. The molecule has 1 N–H and O–H groups in total. The van der Waals surface area contributed by atoms with E-state index in [9.17, 15) is 24.3 Å². The molecule has 10 nitrogen and oxygen atoms in total. The summed E-state index contributed by atoms with van der Waals surface area (Å²) in [5, 5.41) is 12.5. The maximum absolute atomic E-state index is 13.8. The molecule has 8 atom stereocenters. The van der Waals surface area contributed by atoms with Crippen LogP contribution in [0.1, 0.15) is 84.8 Å². The second-order valence-electron chi connectivity index (χ2n) is 12.9. The van der Waals surface area contributed by atoms with Gasteiger partial charge in [0.25, 0.3) is 0 Å². The second kappa shape index (κ2) is 8.89. The zero-order chi connectivity index (χ0) is 28.6. The molecule has 3 heterocycles. The van der Waals surface area contributed by atoms with Gasteiger partial charge < -0.3 is 28.5 Å².